The molecule has 106 valence electrons. The molecule has 1 heterocycles. The minimum atomic E-state index is -0.386. The number of hydrogen-bond donors (Lipinski definition) is 0. The summed E-state index contributed by atoms with van der Waals surface area (Å²) in [6.07, 6.45) is 0.589. The van der Waals surface area contributed by atoms with Crippen molar-refractivity contribution >= 4 is 18.4 Å². The highest BCUT2D eigenvalue weighted by Crippen LogP contribution is 2.38. The molecular weight excluding hydrogens is 251 g/mol. The number of Topliss-reactive ketones (excluding diaryl/α,β-unsaturated/α-hetero) is 1. The smallest absolute Gasteiger partial charge is 0.399 e. The molecule has 1 saturated heterocycles. The van der Waals surface area contributed by atoms with E-state index in [9.17, 15) is 4.79 Å². The zero-order valence-electron chi connectivity index (χ0n) is 12.8. The number of hydrogen-bond acceptors (Lipinski definition) is 3. The lowest BCUT2D eigenvalue weighted by molar-refractivity contribution is 0.00578. The van der Waals surface area contributed by atoms with Gasteiger partial charge in [-0.05, 0) is 44.6 Å². The largest absolute Gasteiger partial charge is 0.495 e. The van der Waals surface area contributed by atoms with Gasteiger partial charge in [-0.1, -0.05) is 25.1 Å². The Morgan fingerprint density at radius 3 is 2.35 bits per heavy atom. The van der Waals surface area contributed by atoms with Gasteiger partial charge in [0.15, 0.2) is 5.78 Å². The number of benzene rings is 1. The molecule has 2 aliphatic rings. The predicted octanol–water partition coefficient (Wildman–Crippen LogP) is 2.68. The summed E-state index contributed by atoms with van der Waals surface area (Å²) in [5.74, 6) is 0.471. The minimum absolute atomic E-state index is 0.228. The Morgan fingerprint density at radius 1 is 1.15 bits per heavy atom. The van der Waals surface area contributed by atoms with Gasteiger partial charge in [0.05, 0.1) is 11.2 Å². The van der Waals surface area contributed by atoms with Gasteiger partial charge in [-0.2, -0.15) is 0 Å². The summed E-state index contributed by atoms with van der Waals surface area (Å²) in [6.45, 7) is 10.3. The van der Waals surface area contributed by atoms with Crippen molar-refractivity contribution in [1.82, 2.24) is 0 Å². The topological polar surface area (TPSA) is 35.5 Å². The summed E-state index contributed by atoms with van der Waals surface area (Å²) < 4.78 is 12.3. The van der Waals surface area contributed by atoms with Gasteiger partial charge < -0.3 is 9.31 Å². The Morgan fingerprint density at radius 2 is 1.75 bits per heavy atom. The van der Waals surface area contributed by atoms with Crippen LogP contribution in [0.4, 0.5) is 0 Å². The van der Waals surface area contributed by atoms with Crippen LogP contribution < -0.4 is 5.46 Å². The first-order chi connectivity index (χ1) is 9.23. The first-order valence-electron chi connectivity index (χ1n) is 7.24. The number of rotatable bonds is 1. The molecule has 20 heavy (non-hydrogen) atoms. The molecule has 1 aliphatic heterocycles. The molecule has 0 N–H and O–H groups in total. The number of fused-ring (bicyclic) bond motifs is 1. The molecule has 1 aromatic rings. The fraction of sp³-hybridized carbons (Fsp3) is 0.562. The van der Waals surface area contributed by atoms with E-state index >= 15 is 0 Å². The summed E-state index contributed by atoms with van der Waals surface area (Å²) in [7, 11) is -0.386. The molecule has 0 spiro atoms. The van der Waals surface area contributed by atoms with Crippen molar-refractivity contribution in [3.63, 3.8) is 0 Å². The summed E-state index contributed by atoms with van der Waals surface area (Å²) >= 11 is 0. The highest BCUT2D eigenvalue weighted by atomic mass is 16.7. The maximum Gasteiger partial charge on any atom is 0.495 e. The molecule has 3 nitrogen and oxygen atoms in total. The van der Waals surface area contributed by atoms with E-state index in [1.165, 1.54) is 0 Å². The fourth-order valence-corrected chi connectivity index (χ4v) is 3.04. The lowest BCUT2D eigenvalue weighted by atomic mass is 9.73. The molecule has 0 radical (unpaired) electrons. The molecule has 0 saturated carbocycles. The van der Waals surface area contributed by atoms with Crippen molar-refractivity contribution in [2.45, 2.75) is 58.2 Å². The van der Waals surface area contributed by atoms with Crippen molar-refractivity contribution in [1.29, 1.82) is 0 Å². The van der Waals surface area contributed by atoms with Crippen LogP contribution in [-0.2, 0) is 9.31 Å². The highest BCUT2D eigenvalue weighted by Gasteiger charge is 2.52. The molecule has 1 aliphatic carbocycles. The molecular formula is C16H21BO3. The zero-order chi connectivity index (χ0) is 14.7. The first kappa shape index (κ1) is 13.8. The van der Waals surface area contributed by atoms with E-state index in [0.29, 0.717) is 6.42 Å². The van der Waals surface area contributed by atoms with E-state index in [2.05, 4.69) is 6.92 Å². The third kappa shape index (κ3) is 1.86. The first-order valence-corrected chi connectivity index (χ1v) is 7.24. The van der Waals surface area contributed by atoms with E-state index in [4.69, 9.17) is 9.31 Å². The molecule has 0 bridgehead atoms. The molecule has 1 atom stereocenters. The van der Waals surface area contributed by atoms with Crippen LogP contribution in [0.15, 0.2) is 18.2 Å². The van der Waals surface area contributed by atoms with Crippen molar-refractivity contribution < 1.29 is 14.1 Å². The van der Waals surface area contributed by atoms with Crippen molar-refractivity contribution in [2.75, 3.05) is 0 Å². The van der Waals surface area contributed by atoms with Crippen LogP contribution in [0.5, 0.6) is 0 Å². The van der Waals surface area contributed by atoms with Gasteiger partial charge in [0.1, 0.15) is 0 Å². The number of ketones is 1. The quantitative estimate of drug-likeness (QED) is 0.737. The highest BCUT2D eigenvalue weighted by molar-refractivity contribution is 6.63. The second-order valence-corrected chi connectivity index (χ2v) is 6.93. The minimum Gasteiger partial charge on any atom is -0.399 e. The van der Waals surface area contributed by atoms with Gasteiger partial charge in [-0.3, -0.25) is 4.79 Å². The van der Waals surface area contributed by atoms with Crippen LogP contribution in [0.3, 0.4) is 0 Å². The van der Waals surface area contributed by atoms with E-state index in [1.807, 2.05) is 45.9 Å². The Kier molecular flexibility index (Phi) is 2.90. The van der Waals surface area contributed by atoms with Crippen molar-refractivity contribution in [2.24, 2.45) is 0 Å². The van der Waals surface area contributed by atoms with Crippen LogP contribution in [0.25, 0.3) is 0 Å². The predicted molar refractivity (Wildman–Crippen MR) is 79.5 cm³/mol. The Labute approximate surface area is 120 Å². The summed E-state index contributed by atoms with van der Waals surface area (Å²) in [5, 5.41) is 0. The molecule has 0 aromatic heterocycles. The summed E-state index contributed by atoms with van der Waals surface area (Å²) in [5.41, 5.74) is 2.25. The van der Waals surface area contributed by atoms with Crippen molar-refractivity contribution in [3.05, 3.63) is 29.3 Å². The van der Waals surface area contributed by atoms with E-state index in [1.54, 1.807) is 0 Å². The average molecular weight is 272 g/mol. The van der Waals surface area contributed by atoms with Gasteiger partial charge >= 0.3 is 7.12 Å². The van der Waals surface area contributed by atoms with Gasteiger partial charge in [-0.25, -0.2) is 0 Å². The normalized spacial score (nSPS) is 26.9. The summed E-state index contributed by atoms with van der Waals surface area (Å²) in [4.78, 5) is 12.0. The Hall–Kier alpha value is -1.13. The third-order valence-electron chi connectivity index (χ3n) is 4.93. The molecule has 4 heteroatoms. The maximum absolute atomic E-state index is 12.0. The maximum atomic E-state index is 12.0. The van der Waals surface area contributed by atoms with E-state index in [-0.39, 0.29) is 30.0 Å². The van der Waals surface area contributed by atoms with Crippen LogP contribution in [0, 0.1) is 0 Å². The lowest BCUT2D eigenvalue weighted by Gasteiger charge is -2.32. The standard InChI is InChI=1S/C16H21BO3/c1-10-9-13(18)11-7-6-8-12(14(10)11)17-19-15(2,3)16(4,5)20-17/h6-8,10H,9H2,1-5H3. The second kappa shape index (κ2) is 4.19. The van der Waals surface area contributed by atoms with Gasteiger partial charge in [-0.15, -0.1) is 0 Å². The van der Waals surface area contributed by atoms with Crippen LogP contribution in [0.1, 0.15) is 62.9 Å². The monoisotopic (exact) mass is 272 g/mol. The molecule has 1 unspecified atom stereocenters. The molecule has 0 amide bonds. The fourth-order valence-electron chi connectivity index (χ4n) is 3.04. The van der Waals surface area contributed by atoms with Crippen LogP contribution in [-0.4, -0.2) is 24.1 Å². The number of carbonyl (C=O) groups excluding carboxylic acids is 1. The Balaban J connectivity index is 2.04. The molecule has 1 fully saturated rings. The van der Waals surface area contributed by atoms with Crippen LogP contribution in [0.2, 0.25) is 0 Å². The van der Waals surface area contributed by atoms with Crippen molar-refractivity contribution in [3.8, 4) is 0 Å². The van der Waals surface area contributed by atoms with Crippen LogP contribution >= 0.6 is 0 Å². The molecule has 3 rings (SSSR count). The second-order valence-electron chi connectivity index (χ2n) is 6.93. The van der Waals surface area contributed by atoms with Gasteiger partial charge in [0, 0.05) is 12.0 Å². The van der Waals surface area contributed by atoms with Gasteiger partial charge in [0.25, 0.3) is 0 Å². The average Bonchev–Trinajstić information content (AvgIpc) is 2.74. The SMILES string of the molecule is CC1CC(=O)c2cccc(B3OC(C)(C)C(C)(C)O3)c21. The van der Waals surface area contributed by atoms with Gasteiger partial charge in [0.2, 0.25) is 0 Å². The Bertz CT molecular complexity index is 561. The summed E-state index contributed by atoms with van der Waals surface area (Å²) in [6, 6.07) is 5.86. The molecule has 1 aromatic carbocycles. The number of carbonyl (C=O) groups is 1. The van der Waals surface area contributed by atoms with E-state index < -0.39 is 0 Å². The zero-order valence-corrected chi connectivity index (χ0v) is 12.8. The lowest BCUT2D eigenvalue weighted by Crippen LogP contribution is -2.41. The van der Waals surface area contributed by atoms with E-state index in [0.717, 1.165) is 16.6 Å². The third-order valence-corrected chi connectivity index (χ3v) is 4.93.